The molecule has 0 spiro atoms. The molecule has 0 saturated carbocycles. The monoisotopic (exact) mass is 540 g/mol. The number of nitrogens with zero attached hydrogens (tertiary/aromatic N) is 2. The van der Waals surface area contributed by atoms with Gasteiger partial charge in [0.05, 0.1) is 29.0 Å². The number of hydrogen-bond donors (Lipinski definition) is 1. The largest absolute Gasteiger partial charge is 0.507 e. The molecule has 1 aromatic heterocycles. The first kappa shape index (κ1) is 25.4. The van der Waals surface area contributed by atoms with Crippen LogP contribution < -0.4 is 4.74 Å². The fraction of sp³-hybridized carbons (Fsp3) is 0.286. The number of methoxy groups -OCH3 is 1. The van der Waals surface area contributed by atoms with E-state index >= 15 is 0 Å². The summed E-state index contributed by atoms with van der Waals surface area (Å²) in [5, 5.41) is 11.6. The van der Waals surface area contributed by atoms with Gasteiger partial charge in [-0.15, -0.1) is 0 Å². The highest BCUT2D eigenvalue weighted by Crippen LogP contribution is 2.44. The van der Waals surface area contributed by atoms with E-state index in [2.05, 4.69) is 17.0 Å². The molecule has 0 aliphatic carbocycles. The molecule has 9 heteroatoms. The lowest BCUT2D eigenvalue weighted by Gasteiger charge is -2.38. The van der Waals surface area contributed by atoms with Crippen LogP contribution in [0.5, 0.6) is 5.75 Å². The highest BCUT2D eigenvalue weighted by atomic mass is 35.5. The highest BCUT2D eigenvalue weighted by molar-refractivity contribution is 6.46. The van der Waals surface area contributed by atoms with Crippen LogP contribution in [0.15, 0.2) is 70.9 Å². The van der Waals surface area contributed by atoms with Crippen molar-refractivity contribution >= 4 is 40.7 Å². The number of ether oxygens (including phenoxy) is 1. The number of rotatable bonds is 6. The first-order chi connectivity index (χ1) is 17.9. The van der Waals surface area contributed by atoms with Gasteiger partial charge in [0.15, 0.2) is 5.75 Å². The number of likely N-dealkylation sites (tertiary alicyclic amines) is 2. The molecule has 2 fully saturated rings. The summed E-state index contributed by atoms with van der Waals surface area (Å²) in [5.74, 6) is -1.14. The van der Waals surface area contributed by atoms with E-state index in [1.807, 2.05) is 18.2 Å². The summed E-state index contributed by atoms with van der Waals surface area (Å²) in [4.78, 5) is 30.6. The number of ketones is 1. The van der Waals surface area contributed by atoms with Crippen LogP contribution in [0.1, 0.15) is 35.8 Å². The number of carbonyl (C=O) groups is 2. The predicted octanol–water partition coefficient (Wildman–Crippen LogP) is 5.68. The number of amides is 1. The van der Waals surface area contributed by atoms with Gasteiger partial charge < -0.3 is 19.2 Å². The number of piperidine rings is 1. The van der Waals surface area contributed by atoms with Crippen molar-refractivity contribution in [3.63, 3.8) is 0 Å². The van der Waals surface area contributed by atoms with Crippen LogP contribution in [-0.2, 0) is 16.1 Å². The number of carbonyl (C=O) groups excluding carboxylic acids is 2. The molecular weight excluding hydrogens is 515 g/mol. The fourth-order valence-corrected chi connectivity index (χ4v) is 5.84. The maximum absolute atomic E-state index is 13.4. The molecule has 2 aromatic carbocycles. The van der Waals surface area contributed by atoms with Crippen molar-refractivity contribution in [3.05, 3.63) is 93.4 Å². The summed E-state index contributed by atoms with van der Waals surface area (Å²) in [6.45, 7) is 2.38. The van der Waals surface area contributed by atoms with Crippen LogP contribution in [0.4, 0.5) is 0 Å². The Kier molecular flexibility index (Phi) is 7.29. The predicted molar refractivity (Wildman–Crippen MR) is 141 cm³/mol. The third-order valence-corrected chi connectivity index (χ3v) is 7.53. The molecule has 192 valence electrons. The zero-order chi connectivity index (χ0) is 26.1. The first-order valence-corrected chi connectivity index (χ1v) is 12.8. The summed E-state index contributed by atoms with van der Waals surface area (Å²) in [7, 11) is 1.43. The van der Waals surface area contributed by atoms with Crippen molar-refractivity contribution in [2.45, 2.75) is 31.5 Å². The Hall–Kier alpha value is -3.26. The molecule has 1 unspecified atom stereocenters. The topological polar surface area (TPSA) is 83.2 Å². The SMILES string of the molecule is COc1c(Cl)cc(/C(O)=C2/C(=O)C(=O)N(C3CCN(Cc4ccccc4)CC3)C2c2ccco2)cc1Cl. The summed E-state index contributed by atoms with van der Waals surface area (Å²) in [5.41, 5.74) is 1.39. The molecular formula is C28H26Cl2N2O5. The lowest BCUT2D eigenvalue weighted by molar-refractivity contribution is -0.142. The van der Waals surface area contributed by atoms with E-state index in [1.54, 1.807) is 17.0 Å². The number of aliphatic hydroxyl groups excluding tert-OH is 1. The van der Waals surface area contributed by atoms with Gasteiger partial charge in [-0.3, -0.25) is 14.5 Å². The molecule has 5 rings (SSSR count). The number of benzene rings is 2. The van der Waals surface area contributed by atoms with E-state index in [-0.39, 0.29) is 38.7 Å². The van der Waals surface area contributed by atoms with Gasteiger partial charge in [0.2, 0.25) is 0 Å². The molecule has 2 aliphatic heterocycles. The molecule has 3 aromatic rings. The van der Waals surface area contributed by atoms with E-state index in [0.29, 0.717) is 18.6 Å². The Morgan fingerprint density at radius 2 is 1.73 bits per heavy atom. The van der Waals surface area contributed by atoms with Gasteiger partial charge in [-0.2, -0.15) is 0 Å². The molecule has 0 bridgehead atoms. The van der Waals surface area contributed by atoms with Crippen molar-refractivity contribution < 1.29 is 23.8 Å². The number of aliphatic hydroxyl groups is 1. The Morgan fingerprint density at radius 3 is 2.32 bits per heavy atom. The van der Waals surface area contributed by atoms with Gasteiger partial charge >= 0.3 is 0 Å². The molecule has 2 saturated heterocycles. The second-order valence-corrected chi connectivity index (χ2v) is 10.0. The third kappa shape index (κ3) is 4.87. The molecule has 7 nitrogen and oxygen atoms in total. The number of halogens is 2. The smallest absolute Gasteiger partial charge is 0.296 e. The van der Waals surface area contributed by atoms with Gasteiger partial charge in [0.1, 0.15) is 17.6 Å². The van der Waals surface area contributed by atoms with Crippen LogP contribution in [0.2, 0.25) is 10.0 Å². The van der Waals surface area contributed by atoms with E-state index in [0.717, 1.165) is 19.6 Å². The minimum atomic E-state index is -0.861. The Balaban J connectivity index is 1.46. The quantitative estimate of drug-likeness (QED) is 0.246. The lowest BCUT2D eigenvalue weighted by Crippen LogP contribution is -2.46. The summed E-state index contributed by atoms with van der Waals surface area (Å²) in [6.07, 6.45) is 2.87. The van der Waals surface area contributed by atoms with Crippen molar-refractivity contribution in [2.24, 2.45) is 0 Å². The highest BCUT2D eigenvalue weighted by Gasteiger charge is 2.50. The van der Waals surface area contributed by atoms with Gasteiger partial charge in [-0.25, -0.2) is 0 Å². The molecule has 37 heavy (non-hydrogen) atoms. The third-order valence-electron chi connectivity index (χ3n) is 6.97. The number of hydrogen-bond acceptors (Lipinski definition) is 6. The van der Waals surface area contributed by atoms with Crippen LogP contribution in [0.3, 0.4) is 0 Å². The van der Waals surface area contributed by atoms with Gasteiger partial charge in [-0.1, -0.05) is 53.5 Å². The van der Waals surface area contributed by atoms with Crippen LogP contribution in [-0.4, -0.2) is 52.8 Å². The maximum Gasteiger partial charge on any atom is 0.296 e. The lowest BCUT2D eigenvalue weighted by atomic mass is 9.97. The molecule has 1 atom stereocenters. The van der Waals surface area contributed by atoms with Crippen molar-refractivity contribution in [1.29, 1.82) is 0 Å². The standard InChI is InChI=1S/C28H26Cl2N2O5/c1-36-27-20(29)14-18(15-21(27)30)25(33)23-24(22-8-5-13-37-22)32(28(35)26(23)34)19-9-11-31(12-10-19)16-17-6-3-2-4-7-17/h2-8,13-15,19,24,33H,9-12,16H2,1H3/b25-23-. The Labute approximate surface area is 224 Å². The zero-order valence-corrected chi connectivity index (χ0v) is 21.7. The van der Waals surface area contributed by atoms with E-state index in [4.69, 9.17) is 32.4 Å². The van der Waals surface area contributed by atoms with Crippen LogP contribution >= 0.6 is 23.2 Å². The number of Topliss-reactive ketones (excluding diaryl/α,β-unsaturated/α-hetero) is 1. The normalized spacial score (nSPS) is 20.5. The maximum atomic E-state index is 13.4. The van der Waals surface area contributed by atoms with Gasteiger partial charge in [-0.05, 0) is 42.7 Å². The fourth-order valence-electron chi connectivity index (χ4n) is 5.20. The molecule has 1 amide bonds. The van der Waals surface area contributed by atoms with E-state index in [1.165, 1.54) is 31.1 Å². The Morgan fingerprint density at radius 1 is 1.05 bits per heavy atom. The average molecular weight is 541 g/mol. The van der Waals surface area contributed by atoms with E-state index in [9.17, 15) is 14.7 Å². The van der Waals surface area contributed by atoms with Crippen molar-refractivity contribution in [2.75, 3.05) is 20.2 Å². The second-order valence-electron chi connectivity index (χ2n) is 9.19. The average Bonchev–Trinajstić information content (AvgIpc) is 3.51. The van der Waals surface area contributed by atoms with Gasteiger partial charge in [0, 0.05) is 31.2 Å². The Bertz CT molecular complexity index is 1310. The summed E-state index contributed by atoms with van der Waals surface area (Å²) >= 11 is 12.6. The van der Waals surface area contributed by atoms with E-state index < -0.39 is 17.7 Å². The number of furan rings is 1. The van der Waals surface area contributed by atoms with Crippen molar-refractivity contribution in [1.82, 2.24) is 9.80 Å². The molecule has 0 radical (unpaired) electrons. The van der Waals surface area contributed by atoms with Crippen LogP contribution in [0, 0.1) is 0 Å². The summed E-state index contributed by atoms with van der Waals surface area (Å²) < 4.78 is 10.8. The second kappa shape index (κ2) is 10.6. The first-order valence-electron chi connectivity index (χ1n) is 12.0. The van der Waals surface area contributed by atoms with Crippen molar-refractivity contribution in [3.8, 4) is 5.75 Å². The van der Waals surface area contributed by atoms with Crippen LogP contribution in [0.25, 0.3) is 5.76 Å². The molecule has 2 aliphatic rings. The van der Waals surface area contributed by atoms with Gasteiger partial charge in [0.25, 0.3) is 11.7 Å². The minimum Gasteiger partial charge on any atom is -0.507 e. The molecule has 3 heterocycles. The minimum absolute atomic E-state index is 0.0519. The molecule has 1 N–H and O–H groups in total. The summed E-state index contributed by atoms with van der Waals surface area (Å²) in [6, 6.07) is 15.5. The zero-order valence-electron chi connectivity index (χ0n) is 20.2.